The van der Waals surface area contributed by atoms with E-state index in [9.17, 15) is 8.42 Å². The molecule has 0 atom stereocenters. The van der Waals surface area contributed by atoms with Crippen LogP contribution in [0.15, 0.2) is 29.3 Å². The number of aliphatic imine (C=N–C) groups is 1. The van der Waals surface area contributed by atoms with Gasteiger partial charge < -0.3 is 10.6 Å². The Balaban J connectivity index is 0.00000676. The van der Waals surface area contributed by atoms with E-state index in [1.54, 1.807) is 0 Å². The minimum absolute atomic E-state index is 0. The molecule has 0 fully saturated rings. The Morgan fingerprint density at radius 3 is 2.22 bits per heavy atom. The van der Waals surface area contributed by atoms with Crippen LogP contribution in [0.3, 0.4) is 0 Å². The number of guanidine groups is 1. The number of rotatable bonds is 9. The van der Waals surface area contributed by atoms with Crippen LogP contribution < -0.4 is 15.4 Å². The molecule has 1 aromatic carbocycles. The van der Waals surface area contributed by atoms with Crippen molar-refractivity contribution in [2.24, 2.45) is 4.99 Å². The Morgan fingerprint density at radius 2 is 1.70 bits per heavy atom. The van der Waals surface area contributed by atoms with Gasteiger partial charge in [0.2, 0.25) is 10.0 Å². The van der Waals surface area contributed by atoms with Gasteiger partial charge in [-0.15, -0.1) is 24.0 Å². The Morgan fingerprint density at radius 1 is 1.07 bits per heavy atom. The minimum atomic E-state index is -3.12. The van der Waals surface area contributed by atoms with Crippen molar-refractivity contribution in [2.75, 3.05) is 32.4 Å². The van der Waals surface area contributed by atoms with Crippen molar-refractivity contribution >= 4 is 40.0 Å². The summed E-state index contributed by atoms with van der Waals surface area (Å²) in [5, 5.41) is 6.53. The van der Waals surface area contributed by atoms with Crippen molar-refractivity contribution in [1.82, 2.24) is 15.4 Å². The Bertz CT molecular complexity index is 668. The molecular weight excluding hydrogens is 475 g/mol. The van der Waals surface area contributed by atoms with Gasteiger partial charge in [0, 0.05) is 26.2 Å². The topological polar surface area (TPSA) is 82.6 Å². The first-order valence-corrected chi connectivity index (χ1v) is 11.1. The molecule has 156 valence electrons. The first-order valence-electron chi connectivity index (χ1n) is 9.18. The number of halogens is 1. The van der Waals surface area contributed by atoms with E-state index in [1.807, 2.05) is 6.92 Å². The van der Waals surface area contributed by atoms with Crippen LogP contribution in [0.2, 0.25) is 0 Å². The Kier molecular flexibility index (Phi) is 12.2. The summed E-state index contributed by atoms with van der Waals surface area (Å²) < 4.78 is 24.5. The molecule has 6 nitrogen and oxygen atoms in total. The SMILES string of the molecule is CCNC(=NCCCNS(C)(=O)=O)NCCc1ccc(C(C)(C)C)cc1.I. The van der Waals surface area contributed by atoms with E-state index in [-0.39, 0.29) is 29.4 Å². The van der Waals surface area contributed by atoms with Gasteiger partial charge >= 0.3 is 0 Å². The van der Waals surface area contributed by atoms with Gasteiger partial charge in [-0.3, -0.25) is 4.99 Å². The normalized spacial score (nSPS) is 12.4. The van der Waals surface area contributed by atoms with E-state index in [4.69, 9.17) is 0 Å². The molecule has 3 N–H and O–H groups in total. The Labute approximate surface area is 182 Å². The van der Waals surface area contributed by atoms with Crippen molar-refractivity contribution in [1.29, 1.82) is 0 Å². The molecule has 0 aromatic heterocycles. The molecule has 0 saturated heterocycles. The molecule has 8 heteroatoms. The number of hydrogen-bond donors (Lipinski definition) is 3. The van der Waals surface area contributed by atoms with Crippen molar-refractivity contribution in [3.63, 3.8) is 0 Å². The molecule has 0 aliphatic heterocycles. The van der Waals surface area contributed by atoms with Crippen LogP contribution >= 0.6 is 24.0 Å². The van der Waals surface area contributed by atoms with E-state index >= 15 is 0 Å². The molecule has 0 aliphatic carbocycles. The summed E-state index contributed by atoms with van der Waals surface area (Å²) in [6, 6.07) is 8.76. The highest BCUT2D eigenvalue weighted by atomic mass is 127. The molecule has 0 unspecified atom stereocenters. The average molecular weight is 510 g/mol. The third kappa shape index (κ3) is 12.2. The van der Waals surface area contributed by atoms with Crippen LogP contribution in [0.1, 0.15) is 45.2 Å². The van der Waals surface area contributed by atoms with E-state index in [0.717, 1.165) is 31.7 Å². The average Bonchev–Trinajstić information content (AvgIpc) is 2.53. The molecule has 0 heterocycles. The zero-order chi connectivity index (χ0) is 19.6. The smallest absolute Gasteiger partial charge is 0.208 e. The lowest BCUT2D eigenvalue weighted by Gasteiger charge is -2.19. The van der Waals surface area contributed by atoms with Gasteiger partial charge in [-0.1, -0.05) is 45.0 Å². The maximum atomic E-state index is 11.0. The maximum absolute atomic E-state index is 11.0. The van der Waals surface area contributed by atoms with Gasteiger partial charge in [-0.25, -0.2) is 13.1 Å². The Hall–Kier alpha value is -0.870. The highest BCUT2D eigenvalue weighted by Crippen LogP contribution is 2.22. The van der Waals surface area contributed by atoms with Crippen LogP contribution in [0.25, 0.3) is 0 Å². The second-order valence-electron chi connectivity index (χ2n) is 7.40. The van der Waals surface area contributed by atoms with E-state index in [1.165, 1.54) is 11.1 Å². The fourth-order valence-electron chi connectivity index (χ4n) is 2.37. The molecule has 0 aliphatic rings. The summed E-state index contributed by atoms with van der Waals surface area (Å²) in [5.74, 6) is 0.762. The standard InChI is InChI=1S/C19H34N4O2S.HI/c1-6-20-18(21-13-7-14-23-26(5,24)25)22-15-12-16-8-10-17(11-9-16)19(2,3)4;/h8-11,23H,6-7,12-15H2,1-5H3,(H2,20,21,22);1H. The fourth-order valence-corrected chi connectivity index (χ4v) is 2.88. The number of benzene rings is 1. The molecule has 1 aromatic rings. The zero-order valence-corrected chi connectivity index (χ0v) is 20.3. The second kappa shape index (κ2) is 12.6. The quantitative estimate of drug-likeness (QED) is 0.207. The van der Waals surface area contributed by atoms with Crippen molar-refractivity contribution < 1.29 is 8.42 Å². The summed E-state index contributed by atoms with van der Waals surface area (Å²) in [6.07, 6.45) is 2.75. The fraction of sp³-hybridized carbons (Fsp3) is 0.632. The molecule has 0 amide bonds. The lowest BCUT2D eigenvalue weighted by molar-refractivity contribution is 0.585. The highest BCUT2D eigenvalue weighted by Gasteiger charge is 2.12. The maximum Gasteiger partial charge on any atom is 0.208 e. The minimum Gasteiger partial charge on any atom is -0.357 e. The number of hydrogen-bond acceptors (Lipinski definition) is 3. The zero-order valence-electron chi connectivity index (χ0n) is 17.1. The monoisotopic (exact) mass is 510 g/mol. The first-order chi connectivity index (χ1) is 12.1. The summed E-state index contributed by atoms with van der Waals surface area (Å²) in [5.41, 5.74) is 2.80. The third-order valence-electron chi connectivity index (χ3n) is 3.84. The van der Waals surface area contributed by atoms with Crippen LogP contribution in [0, 0.1) is 0 Å². The van der Waals surface area contributed by atoms with Gasteiger partial charge in [-0.2, -0.15) is 0 Å². The predicted octanol–water partition coefficient (Wildman–Crippen LogP) is 2.64. The molecule has 0 spiro atoms. The number of sulfonamides is 1. The first kappa shape index (κ1) is 26.1. The lowest BCUT2D eigenvalue weighted by Crippen LogP contribution is -2.38. The van der Waals surface area contributed by atoms with E-state index < -0.39 is 10.0 Å². The van der Waals surface area contributed by atoms with Crippen LogP contribution in [0.5, 0.6) is 0 Å². The van der Waals surface area contributed by atoms with Gasteiger partial charge in [0.15, 0.2) is 5.96 Å². The van der Waals surface area contributed by atoms with E-state index in [2.05, 4.69) is 65.4 Å². The van der Waals surface area contributed by atoms with Crippen LogP contribution in [0.4, 0.5) is 0 Å². The van der Waals surface area contributed by atoms with Crippen molar-refractivity contribution in [3.8, 4) is 0 Å². The van der Waals surface area contributed by atoms with Crippen molar-refractivity contribution in [3.05, 3.63) is 35.4 Å². The molecule has 1 rings (SSSR count). The molecular formula is C19H35IN4O2S. The van der Waals surface area contributed by atoms with Gasteiger partial charge in [0.25, 0.3) is 0 Å². The second-order valence-corrected chi connectivity index (χ2v) is 9.24. The summed E-state index contributed by atoms with van der Waals surface area (Å²) in [4.78, 5) is 4.47. The van der Waals surface area contributed by atoms with Crippen LogP contribution in [-0.2, 0) is 21.9 Å². The predicted molar refractivity (Wildman–Crippen MR) is 126 cm³/mol. The lowest BCUT2D eigenvalue weighted by atomic mass is 9.86. The van der Waals surface area contributed by atoms with Gasteiger partial charge in [0.05, 0.1) is 6.26 Å². The number of nitrogens with zero attached hydrogens (tertiary/aromatic N) is 1. The van der Waals surface area contributed by atoms with Crippen LogP contribution in [-0.4, -0.2) is 46.8 Å². The van der Waals surface area contributed by atoms with E-state index in [0.29, 0.717) is 19.5 Å². The van der Waals surface area contributed by atoms with Gasteiger partial charge in [-0.05, 0) is 36.3 Å². The third-order valence-corrected chi connectivity index (χ3v) is 4.57. The summed E-state index contributed by atoms with van der Waals surface area (Å²) in [6.45, 7) is 11.2. The largest absolute Gasteiger partial charge is 0.357 e. The number of nitrogens with one attached hydrogen (secondary N) is 3. The molecule has 27 heavy (non-hydrogen) atoms. The molecule has 0 radical (unpaired) electrons. The highest BCUT2D eigenvalue weighted by molar-refractivity contribution is 14.0. The molecule has 0 bridgehead atoms. The summed E-state index contributed by atoms with van der Waals surface area (Å²) >= 11 is 0. The summed E-state index contributed by atoms with van der Waals surface area (Å²) in [7, 11) is -3.12. The van der Waals surface area contributed by atoms with Crippen molar-refractivity contribution in [2.45, 2.75) is 46.0 Å². The van der Waals surface area contributed by atoms with Gasteiger partial charge in [0.1, 0.15) is 0 Å². The molecule has 0 saturated carbocycles.